The number of amides is 1. The maximum absolute atomic E-state index is 11.7. The fraction of sp³-hybridized carbons (Fsp3) is 0.583. The van der Waals surface area contributed by atoms with Gasteiger partial charge in [0.2, 0.25) is 0 Å². The first-order valence-electron chi connectivity index (χ1n) is 6.12. The predicted octanol–water partition coefficient (Wildman–Crippen LogP) is 0.154. The van der Waals surface area contributed by atoms with E-state index in [0.717, 1.165) is 6.42 Å². The number of nitrogens with zero attached hydrogens (tertiary/aromatic N) is 2. The Morgan fingerprint density at radius 3 is 2.83 bits per heavy atom. The van der Waals surface area contributed by atoms with Crippen molar-refractivity contribution < 1.29 is 9.90 Å². The van der Waals surface area contributed by atoms with Crippen LogP contribution in [0.15, 0.2) is 16.9 Å². The Hall–Kier alpha value is -1.69. The molecule has 0 aliphatic rings. The molecule has 1 unspecified atom stereocenters. The lowest BCUT2D eigenvalue weighted by atomic mass is 10.2. The molecule has 0 saturated carbocycles. The molecule has 6 nitrogen and oxygen atoms in total. The Labute approximate surface area is 106 Å². The standard InChI is InChI=1S/C12H19N3O3/c1-3-7-15-11(17)6-5-10(14-15)12(18)13-8-9(16)4-2/h5-6,9,16H,3-4,7-8H2,1-2H3,(H,13,18). The summed E-state index contributed by atoms with van der Waals surface area (Å²) >= 11 is 0. The first-order chi connectivity index (χ1) is 8.58. The summed E-state index contributed by atoms with van der Waals surface area (Å²) in [7, 11) is 0. The normalized spacial score (nSPS) is 12.2. The Balaban J connectivity index is 2.74. The van der Waals surface area contributed by atoms with Crippen LogP contribution in [0.2, 0.25) is 0 Å². The van der Waals surface area contributed by atoms with Gasteiger partial charge in [0.1, 0.15) is 5.69 Å². The summed E-state index contributed by atoms with van der Waals surface area (Å²) in [5, 5.41) is 15.9. The molecule has 1 rings (SSSR count). The van der Waals surface area contributed by atoms with E-state index in [4.69, 9.17) is 0 Å². The van der Waals surface area contributed by atoms with E-state index in [1.54, 1.807) is 0 Å². The molecule has 1 heterocycles. The summed E-state index contributed by atoms with van der Waals surface area (Å²) in [5.41, 5.74) is -0.0339. The van der Waals surface area contributed by atoms with Crippen molar-refractivity contribution >= 4 is 5.91 Å². The van der Waals surface area contributed by atoms with Gasteiger partial charge in [-0.3, -0.25) is 9.59 Å². The number of aliphatic hydroxyl groups is 1. The van der Waals surface area contributed by atoms with Crippen molar-refractivity contribution in [2.24, 2.45) is 0 Å². The van der Waals surface area contributed by atoms with Crippen molar-refractivity contribution in [1.29, 1.82) is 0 Å². The summed E-state index contributed by atoms with van der Waals surface area (Å²) in [6.07, 6.45) is 0.783. The van der Waals surface area contributed by atoms with Crippen molar-refractivity contribution in [2.75, 3.05) is 6.54 Å². The Kier molecular flexibility index (Phi) is 5.51. The maximum Gasteiger partial charge on any atom is 0.271 e. The zero-order chi connectivity index (χ0) is 13.5. The van der Waals surface area contributed by atoms with E-state index >= 15 is 0 Å². The molecule has 1 aromatic rings. The van der Waals surface area contributed by atoms with Crippen LogP contribution < -0.4 is 10.9 Å². The first kappa shape index (κ1) is 14.4. The highest BCUT2D eigenvalue weighted by Gasteiger charge is 2.10. The highest BCUT2D eigenvalue weighted by molar-refractivity contribution is 5.91. The highest BCUT2D eigenvalue weighted by atomic mass is 16.3. The third-order valence-corrected chi connectivity index (χ3v) is 2.50. The van der Waals surface area contributed by atoms with Crippen LogP contribution in [0.4, 0.5) is 0 Å². The summed E-state index contributed by atoms with van der Waals surface area (Å²) in [6, 6.07) is 2.72. The molecule has 0 aliphatic carbocycles. The second-order valence-corrected chi connectivity index (χ2v) is 4.05. The smallest absolute Gasteiger partial charge is 0.271 e. The van der Waals surface area contributed by atoms with Crippen molar-refractivity contribution in [3.05, 3.63) is 28.2 Å². The molecule has 2 N–H and O–H groups in total. The second kappa shape index (κ2) is 6.90. The molecule has 0 aliphatic heterocycles. The largest absolute Gasteiger partial charge is 0.391 e. The molecule has 1 amide bonds. The van der Waals surface area contributed by atoms with E-state index in [2.05, 4.69) is 10.4 Å². The van der Waals surface area contributed by atoms with E-state index in [1.807, 2.05) is 13.8 Å². The van der Waals surface area contributed by atoms with Gasteiger partial charge in [-0.25, -0.2) is 4.68 Å². The molecule has 18 heavy (non-hydrogen) atoms. The number of aryl methyl sites for hydroxylation is 1. The topological polar surface area (TPSA) is 84.2 Å². The number of rotatable bonds is 6. The molecule has 0 radical (unpaired) electrons. The van der Waals surface area contributed by atoms with Crippen molar-refractivity contribution in [3.63, 3.8) is 0 Å². The average Bonchev–Trinajstić information content (AvgIpc) is 2.38. The molecular weight excluding hydrogens is 234 g/mol. The molecule has 0 bridgehead atoms. The van der Waals surface area contributed by atoms with E-state index in [-0.39, 0.29) is 23.7 Å². The van der Waals surface area contributed by atoms with Gasteiger partial charge in [-0.1, -0.05) is 13.8 Å². The van der Waals surface area contributed by atoms with Crippen LogP contribution in [0.5, 0.6) is 0 Å². The molecule has 100 valence electrons. The van der Waals surface area contributed by atoms with Gasteiger partial charge >= 0.3 is 0 Å². The number of carbonyl (C=O) groups is 1. The lowest BCUT2D eigenvalue weighted by Gasteiger charge is -2.09. The van der Waals surface area contributed by atoms with Crippen LogP contribution in [0.25, 0.3) is 0 Å². The molecule has 0 saturated heterocycles. The average molecular weight is 253 g/mol. The number of aliphatic hydroxyl groups excluding tert-OH is 1. The number of carbonyl (C=O) groups excluding carboxylic acids is 1. The van der Waals surface area contributed by atoms with Gasteiger partial charge in [-0.2, -0.15) is 5.10 Å². The van der Waals surface area contributed by atoms with Crippen LogP contribution in [0, 0.1) is 0 Å². The minimum Gasteiger partial charge on any atom is -0.391 e. The maximum atomic E-state index is 11.7. The van der Waals surface area contributed by atoms with Crippen molar-refractivity contribution in [2.45, 2.75) is 39.3 Å². The van der Waals surface area contributed by atoms with Crippen molar-refractivity contribution in [3.8, 4) is 0 Å². The van der Waals surface area contributed by atoms with E-state index in [1.165, 1.54) is 16.8 Å². The summed E-state index contributed by atoms with van der Waals surface area (Å²) in [4.78, 5) is 23.2. The fourth-order valence-electron chi connectivity index (χ4n) is 1.39. The third-order valence-electron chi connectivity index (χ3n) is 2.50. The third kappa shape index (κ3) is 3.96. The van der Waals surface area contributed by atoms with Crippen LogP contribution in [-0.4, -0.2) is 33.4 Å². The quantitative estimate of drug-likeness (QED) is 0.756. The minimum atomic E-state index is -0.560. The molecule has 1 atom stereocenters. The van der Waals surface area contributed by atoms with Crippen LogP contribution in [-0.2, 0) is 6.54 Å². The molecule has 6 heteroatoms. The number of hydrogen-bond acceptors (Lipinski definition) is 4. The SMILES string of the molecule is CCCn1nc(C(=O)NCC(O)CC)ccc1=O. The van der Waals surface area contributed by atoms with Gasteiger partial charge in [-0.15, -0.1) is 0 Å². The van der Waals surface area contributed by atoms with Crippen LogP contribution in [0.1, 0.15) is 37.2 Å². The Morgan fingerprint density at radius 2 is 2.22 bits per heavy atom. The molecule has 0 spiro atoms. The number of aromatic nitrogens is 2. The van der Waals surface area contributed by atoms with Gasteiger partial charge in [0.05, 0.1) is 6.10 Å². The lowest BCUT2D eigenvalue weighted by Crippen LogP contribution is -2.34. The van der Waals surface area contributed by atoms with Gasteiger partial charge in [0.25, 0.3) is 11.5 Å². The first-order valence-corrected chi connectivity index (χ1v) is 6.12. The molecule has 0 fully saturated rings. The predicted molar refractivity (Wildman–Crippen MR) is 67.4 cm³/mol. The van der Waals surface area contributed by atoms with E-state index in [9.17, 15) is 14.7 Å². The Bertz CT molecular complexity index is 456. The highest BCUT2D eigenvalue weighted by Crippen LogP contribution is 1.93. The summed E-state index contributed by atoms with van der Waals surface area (Å²) in [6.45, 7) is 4.43. The molecule has 0 aromatic carbocycles. The van der Waals surface area contributed by atoms with E-state index < -0.39 is 6.10 Å². The zero-order valence-electron chi connectivity index (χ0n) is 10.7. The monoisotopic (exact) mass is 253 g/mol. The fourth-order valence-corrected chi connectivity index (χ4v) is 1.39. The van der Waals surface area contributed by atoms with Crippen LogP contribution in [0.3, 0.4) is 0 Å². The Morgan fingerprint density at radius 1 is 1.50 bits per heavy atom. The summed E-state index contributed by atoms with van der Waals surface area (Å²) < 4.78 is 1.27. The number of hydrogen-bond donors (Lipinski definition) is 2. The van der Waals surface area contributed by atoms with Crippen molar-refractivity contribution in [1.82, 2.24) is 15.1 Å². The van der Waals surface area contributed by atoms with Gasteiger partial charge < -0.3 is 10.4 Å². The van der Waals surface area contributed by atoms with Gasteiger partial charge in [-0.05, 0) is 18.9 Å². The zero-order valence-corrected chi connectivity index (χ0v) is 10.7. The molecule has 1 aromatic heterocycles. The van der Waals surface area contributed by atoms with Gasteiger partial charge in [0, 0.05) is 19.2 Å². The molecular formula is C12H19N3O3. The van der Waals surface area contributed by atoms with E-state index in [0.29, 0.717) is 13.0 Å². The lowest BCUT2D eigenvalue weighted by molar-refractivity contribution is 0.0906. The number of nitrogens with one attached hydrogen (secondary N) is 1. The summed E-state index contributed by atoms with van der Waals surface area (Å²) in [5.74, 6) is -0.382. The van der Waals surface area contributed by atoms with Crippen LogP contribution >= 0.6 is 0 Å². The van der Waals surface area contributed by atoms with Gasteiger partial charge in [0.15, 0.2) is 0 Å². The second-order valence-electron chi connectivity index (χ2n) is 4.05. The minimum absolute atomic E-state index is 0.184.